The third kappa shape index (κ3) is 5.77. The van der Waals surface area contributed by atoms with Crippen molar-refractivity contribution in [3.8, 4) is 0 Å². The largest absolute Gasteiger partial charge is 0.242 e. The predicted molar refractivity (Wildman–Crippen MR) is 123 cm³/mol. The monoisotopic (exact) mass is 504 g/mol. The van der Waals surface area contributed by atoms with Gasteiger partial charge < -0.3 is 0 Å². The molecular weight excluding hydrogens is 497 g/mol. The van der Waals surface area contributed by atoms with Crippen molar-refractivity contribution in [2.24, 2.45) is 0 Å². The highest BCUT2D eigenvalue weighted by molar-refractivity contribution is 9.35. The zero-order chi connectivity index (χ0) is 16.8. The molecule has 0 aliphatic carbocycles. The summed E-state index contributed by atoms with van der Waals surface area (Å²) < 4.78 is 25.0. The van der Waals surface area contributed by atoms with Crippen LogP contribution in [0.2, 0.25) is 0 Å². The Morgan fingerprint density at radius 1 is 0.583 bits per heavy atom. The average Bonchev–Trinajstić information content (AvgIpc) is 2.62. The van der Waals surface area contributed by atoms with Crippen LogP contribution in [0.15, 0.2) is 68.1 Å². The van der Waals surface area contributed by atoms with Crippen LogP contribution >= 0.6 is 80.5 Å². The molecule has 0 aromatic heterocycles. The fourth-order valence-corrected chi connectivity index (χ4v) is 21.6. The van der Waals surface area contributed by atoms with Crippen molar-refractivity contribution >= 4 is 100 Å². The van der Waals surface area contributed by atoms with Crippen LogP contribution in [0.3, 0.4) is 0 Å². The van der Waals surface area contributed by atoms with Gasteiger partial charge in [0.1, 0.15) is 19.7 Å². The lowest BCUT2D eigenvalue weighted by atomic mass is 10.4. The summed E-state index contributed by atoms with van der Waals surface area (Å²) >= 11 is 0. The summed E-state index contributed by atoms with van der Waals surface area (Å²) in [5, 5.41) is 0. The van der Waals surface area contributed by atoms with Crippen LogP contribution in [0.5, 0.6) is 0 Å². The van der Waals surface area contributed by atoms with Crippen molar-refractivity contribution in [1.29, 1.82) is 0 Å². The van der Waals surface area contributed by atoms with E-state index >= 15 is 0 Å². The summed E-state index contributed by atoms with van der Waals surface area (Å²) in [6.07, 6.45) is 0. The first-order chi connectivity index (χ1) is 11.8. The van der Waals surface area contributed by atoms with Crippen molar-refractivity contribution in [2.75, 3.05) is 0 Å². The first-order valence-corrected chi connectivity index (χ1v) is 19.1. The van der Waals surface area contributed by atoms with E-state index in [0.717, 1.165) is 19.6 Å². The van der Waals surface area contributed by atoms with Gasteiger partial charge in [-0.05, 0) is 65.5 Å². The summed E-state index contributed by atoms with van der Waals surface area (Å²) in [5.74, 6) is 0. The highest BCUT2D eigenvalue weighted by atomic mass is 33.8. The minimum Gasteiger partial charge on any atom is -0.242 e. The Balaban J connectivity index is 1.79. The van der Waals surface area contributed by atoms with Crippen molar-refractivity contribution in [3.63, 3.8) is 0 Å². The SMILES string of the molecule is O=S1SSSSc2ccccc2S(=O)SSSSc2ccccc21. The van der Waals surface area contributed by atoms with Gasteiger partial charge in [0.2, 0.25) is 0 Å². The van der Waals surface area contributed by atoms with Crippen molar-refractivity contribution < 1.29 is 8.42 Å². The highest BCUT2D eigenvalue weighted by Crippen LogP contribution is 2.54. The van der Waals surface area contributed by atoms with Crippen LogP contribution in [-0.4, -0.2) is 8.42 Å². The third-order valence-corrected chi connectivity index (χ3v) is 21.3. The molecule has 1 aliphatic rings. The molecule has 0 bridgehead atoms. The van der Waals surface area contributed by atoms with Gasteiger partial charge in [-0.15, -0.1) is 0 Å². The molecular formula is C12H8O2S10. The van der Waals surface area contributed by atoms with Gasteiger partial charge in [-0.25, -0.2) is 8.42 Å². The van der Waals surface area contributed by atoms with Gasteiger partial charge in [0, 0.05) is 49.1 Å². The minimum atomic E-state index is -1.12. The maximum absolute atomic E-state index is 12.5. The summed E-state index contributed by atoms with van der Waals surface area (Å²) in [7, 11) is 9.62. The topological polar surface area (TPSA) is 34.1 Å². The van der Waals surface area contributed by atoms with Crippen LogP contribution in [0.4, 0.5) is 0 Å². The first-order valence-electron chi connectivity index (χ1n) is 6.14. The van der Waals surface area contributed by atoms with Gasteiger partial charge in [0.15, 0.2) is 0 Å². The smallest absolute Gasteiger partial charge is 0.125 e. The Morgan fingerprint density at radius 2 is 1.00 bits per heavy atom. The maximum Gasteiger partial charge on any atom is 0.125 e. The quantitative estimate of drug-likeness (QED) is 0.336. The number of rotatable bonds is 0. The molecule has 0 radical (unpaired) electrons. The second-order valence-electron chi connectivity index (χ2n) is 3.94. The van der Waals surface area contributed by atoms with Gasteiger partial charge in [-0.2, -0.15) is 0 Å². The van der Waals surface area contributed by atoms with Crippen LogP contribution in [0.25, 0.3) is 0 Å². The van der Waals surface area contributed by atoms with E-state index in [0.29, 0.717) is 0 Å². The molecule has 0 spiro atoms. The molecule has 12 heteroatoms. The van der Waals surface area contributed by atoms with E-state index in [1.54, 1.807) is 41.2 Å². The van der Waals surface area contributed by atoms with E-state index < -0.39 is 19.7 Å². The molecule has 2 atom stereocenters. The fraction of sp³-hybridized carbons (Fsp3) is 0. The van der Waals surface area contributed by atoms with Gasteiger partial charge >= 0.3 is 0 Å². The lowest BCUT2D eigenvalue weighted by Gasteiger charge is -2.09. The molecule has 2 nitrogen and oxygen atoms in total. The zero-order valence-electron chi connectivity index (χ0n) is 11.5. The molecule has 2 aromatic carbocycles. The Morgan fingerprint density at radius 3 is 1.46 bits per heavy atom. The van der Waals surface area contributed by atoms with Crippen LogP contribution in [0, 0.1) is 0 Å². The fourth-order valence-electron chi connectivity index (χ4n) is 1.56. The van der Waals surface area contributed by atoms with E-state index in [1.807, 2.05) is 48.5 Å². The van der Waals surface area contributed by atoms with E-state index in [9.17, 15) is 8.42 Å². The summed E-state index contributed by atoms with van der Waals surface area (Å²) in [5.41, 5.74) is 0. The van der Waals surface area contributed by atoms with Gasteiger partial charge in [0.25, 0.3) is 0 Å². The zero-order valence-corrected chi connectivity index (χ0v) is 19.7. The molecule has 0 N–H and O–H groups in total. The molecule has 24 heavy (non-hydrogen) atoms. The number of hydrogen-bond donors (Lipinski definition) is 0. The second kappa shape index (κ2) is 10.8. The Kier molecular flexibility index (Phi) is 9.10. The second-order valence-corrected chi connectivity index (χ2v) is 20.4. The van der Waals surface area contributed by atoms with Gasteiger partial charge in [0.05, 0.1) is 9.79 Å². The minimum absolute atomic E-state index is 0.835. The molecule has 1 aliphatic heterocycles. The molecule has 0 fully saturated rings. The Labute approximate surface area is 174 Å². The molecule has 0 amide bonds. The maximum atomic E-state index is 12.5. The third-order valence-electron chi connectivity index (χ3n) is 2.54. The highest BCUT2D eigenvalue weighted by Gasteiger charge is 2.16. The Bertz CT molecular complexity index is 689. The van der Waals surface area contributed by atoms with Crippen molar-refractivity contribution in [3.05, 3.63) is 48.5 Å². The number of hydrogen-bond acceptors (Lipinski definition) is 10. The standard InChI is InChI=1S/C12H8O2S10/c13-23-11-7-3-1-5-9(11)15-17-19-22-24(14)12-8-4-2-6-10(12)16-18-20-21-23/h1-8H. The number of benzene rings is 2. The van der Waals surface area contributed by atoms with Crippen molar-refractivity contribution in [2.45, 2.75) is 19.6 Å². The normalized spacial score (nSPS) is 22.8. The van der Waals surface area contributed by atoms with E-state index in [2.05, 4.69) is 0 Å². The first kappa shape index (κ1) is 20.3. The lowest BCUT2D eigenvalue weighted by Crippen LogP contribution is -1.87. The molecule has 2 unspecified atom stereocenters. The lowest BCUT2D eigenvalue weighted by molar-refractivity contribution is 0.689. The van der Waals surface area contributed by atoms with Crippen molar-refractivity contribution in [1.82, 2.24) is 0 Å². The Hall–Kier alpha value is 1.54. The molecule has 3 rings (SSSR count). The molecule has 1 heterocycles. The molecule has 0 saturated carbocycles. The predicted octanol–water partition coefficient (Wildman–Crippen LogP) is 7.52. The summed E-state index contributed by atoms with van der Waals surface area (Å²) in [4.78, 5) is 3.65. The van der Waals surface area contributed by atoms with Crippen LogP contribution in [0.1, 0.15) is 0 Å². The molecule has 128 valence electrons. The van der Waals surface area contributed by atoms with Crippen LogP contribution < -0.4 is 0 Å². The average molecular weight is 505 g/mol. The van der Waals surface area contributed by atoms with E-state index in [1.165, 1.54) is 39.3 Å². The summed E-state index contributed by atoms with van der Waals surface area (Å²) in [6, 6.07) is 15.5. The molecule has 2 aromatic rings. The number of fused-ring (bicyclic) bond motifs is 2. The van der Waals surface area contributed by atoms with Gasteiger partial charge in [-0.3, -0.25) is 0 Å². The molecule has 0 saturated heterocycles. The van der Waals surface area contributed by atoms with Gasteiger partial charge in [-0.1, -0.05) is 24.3 Å². The summed E-state index contributed by atoms with van der Waals surface area (Å²) in [6.45, 7) is 0. The van der Waals surface area contributed by atoms with E-state index in [4.69, 9.17) is 0 Å². The van der Waals surface area contributed by atoms with Crippen LogP contribution in [-0.2, 0) is 19.7 Å². The van der Waals surface area contributed by atoms with E-state index in [-0.39, 0.29) is 0 Å².